The summed E-state index contributed by atoms with van der Waals surface area (Å²) in [6.07, 6.45) is 5.88. The fourth-order valence-electron chi connectivity index (χ4n) is 5.50. The highest BCUT2D eigenvalue weighted by atomic mass is 19.1. The van der Waals surface area contributed by atoms with Crippen LogP contribution >= 0.6 is 0 Å². The summed E-state index contributed by atoms with van der Waals surface area (Å²) in [4.78, 5) is 23.1. The molecule has 1 saturated heterocycles. The summed E-state index contributed by atoms with van der Waals surface area (Å²) >= 11 is 0. The van der Waals surface area contributed by atoms with E-state index in [1.807, 2.05) is 6.07 Å². The van der Waals surface area contributed by atoms with Gasteiger partial charge in [0.1, 0.15) is 28.8 Å². The lowest BCUT2D eigenvalue weighted by Gasteiger charge is -2.32. The van der Waals surface area contributed by atoms with Crippen LogP contribution < -0.4 is 16.0 Å². The van der Waals surface area contributed by atoms with Crippen LogP contribution in [0.25, 0.3) is 11.3 Å². The topological polar surface area (TPSA) is 93.4 Å². The minimum absolute atomic E-state index is 0.0706. The molecule has 2 aromatic heterocycles. The average Bonchev–Trinajstić information content (AvgIpc) is 2.89. The highest BCUT2D eigenvalue weighted by Gasteiger charge is 2.28. The molecule has 38 heavy (non-hydrogen) atoms. The maximum atomic E-state index is 15.1. The lowest BCUT2D eigenvalue weighted by molar-refractivity contribution is 0.102. The van der Waals surface area contributed by atoms with Crippen molar-refractivity contribution in [1.82, 2.24) is 9.97 Å². The number of nitrogens with one attached hydrogen (secondary N) is 1. The Hall–Kier alpha value is -3.50. The quantitative estimate of drug-likeness (QED) is 0.493. The van der Waals surface area contributed by atoms with Crippen LogP contribution in [0.3, 0.4) is 0 Å². The van der Waals surface area contributed by atoms with Crippen molar-refractivity contribution in [2.24, 2.45) is 11.7 Å². The number of hydrogen-bond acceptors (Lipinski definition) is 6. The van der Waals surface area contributed by atoms with Crippen molar-refractivity contribution in [3.8, 4) is 11.3 Å². The Bertz CT molecular complexity index is 1300. The van der Waals surface area contributed by atoms with Gasteiger partial charge in [-0.2, -0.15) is 0 Å². The molecular formula is C28H30F3N5O2. The van der Waals surface area contributed by atoms with Gasteiger partial charge in [-0.1, -0.05) is 6.92 Å². The van der Waals surface area contributed by atoms with Gasteiger partial charge in [-0.3, -0.25) is 9.78 Å². The maximum Gasteiger partial charge on any atom is 0.274 e. The zero-order valence-electron chi connectivity index (χ0n) is 21.1. The number of benzene rings is 1. The van der Waals surface area contributed by atoms with Gasteiger partial charge in [-0.05, 0) is 67.0 Å². The van der Waals surface area contributed by atoms with E-state index in [-0.39, 0.29) is 17.7 Å². The Morgan fingerprint density at radius 3 is 2.50 bits per heavy atom. The molecule has 0 bridgehead atoms. The van der Waals surface area contributed by atoms with Crippen LogP contribution in [0.1, 0.15) is 48.2 Å². The van der Waals surface area contributed by atoms with E-state index < -0.39 is 34.6 Å². The van der Waals surface area contributed by atoms with Gasteiger partial charge in [0.15, 0.2) is 0 Å². The van der Waals surface area contributed by atoms with E-state index >= 15 is 8.78 Å². The van der Waals surface area contributed by atoms with Crippen LogP contribution in [-0.2, 0) is 4.74 Å². The number of nitrogens with two attached hydrogens (primary N) is 1. The Balaban J connectivity index is 1.42. The molecule has 1 aliphatic carbocycles. The van der Waals surface area contributed by atoms with Gasteiger partial charge in [-0.25, -0.2) is 18.2 Å². The van der Waals surface area contributed by atoms with Crippen LogP contribution in [0, 0.1) is 23.4 Å². The van der Waals surface area contributed by atoms with Gasteiger partial charge in [0.2, 0.25) is 0 Å². The van der Waals surface area contributed by atoms with E-state index in [0.29, 0.717) is 43.6 Å². The second-order valence-electron chi connectivity index (χ2n) is 10.1. The largest absolute Gasteiger partial charge is 0.378 e. The van der Waals surface area contributed by atoms with Crippen LogP contribution in [0.15, 0.2) is 42.7 Å². The zero-order valence-corrected chi connectivity index (χ0v) is 21.1. The number of nitrogens with zero attached hydrogens (tertiary/aromatic N) is 3. The smallest absolute Gasteiger partial charge is 0.274 e. The summed E-state index contributed by atoms with van der Waals surface area (Å²) in [6, 6.07) is 6.39. The molecule has 2 fully saturated rings. The molecule has 2 aliphatic rings. The predicted octanol–water partition coefficient (Wildman–Crippen LogP) is 4.88. The molecule has 1 amide bonds. The first-order valence-corrected chi connectivity index (χ1v) is 12.8. The van der Waals surface area contributed by atoms with Crippen LogP contribution in [0.5, 0.6) is 0 Å². The van der Waals surface area contributed by atoms with Gasteiger partial charge in [0.25, 0.3) is 5.91 Å². The standard InChI is InChI=1S/C28H30F3N5O2/c1-16-10-17(12-18(32)11-16)20-4-5-33-15-25(20)35-28(37)24-3-2-21(29)27(34-24)26-22(30)13-19(14-23(26)31)36-6-8-38-9-7-36/h2-5,13-18H,6-12,32H2,1H3,(H,35,37)/t16-,17+,18-/m0/s1. The molecule has 3 atom stereocenters. The number of morpholine rings is 1. The van der Waals surface area contributed by atoms with Gasteiger partial charge < -0.3 is 20.7 Å². The highest BCUT2D eigenvalue weighted by molar-refractivity contribution is 6.03. The molecule has 3 aromatic rings. The maximum absolute atomic E-state index is 15.1. The normalized spacial score (nSPS) is 21.8. The summed E-state index contributed by atoms with van der Waals surface area (Å²) in [6.45, 7) is 4.03. The fourth-order valence-corrected chi connectivity index (χ4v) is 5.50. The van der Waals surface area contributed by atoms with Gasteiger partial charge in [0, 0.05) is 31.0 Å². The molecule has 10 heteroatoms. The van der Waals surface area contributed by atoms with Crippen molar-refractivity contribution < 1.29 is 22.7 Å². The van der Waals surface area contributed by atoms with Gasteiger partial charge >= 0.3 is 0 Å². The van der Waals surface area contributed by atoms with E-state index in [4.69, 9.17) is 10.5 Å². The van der Waals surface area contributed by atoms with E-state index in [9.17, 15) is 9.18 Å². The summed E-state index contributed by atoms with van der Waals surface area (Å²) in [5, 5.41) is 2.80. The lowest BCUT2D eigenvalue weighted by atomic mass is 9.76. The number of ether oxygens (including phenoxy) is 1. The summed E-state index contributed by atoms with van der Waals surface area (Å²) in [5.74, 6) is -2.91. The zero-order chi connectivity index (χ0) is 26.8. The third kappa shape index (κ3) is 5.51. The molecule has 5 rings (SSSR count). The van der Waals surface area contributed by atoms with Crippen molar-refractivity contribution in [1.29, 1.82) is 0 Å². The number of hydrogen-bond donors (Lipinski definition) is 2. The minimum Gasteiger partial charge on any atom is -0.378 e. The first-order valence-electron chi connectivity index (χ1n) is 12.8. The van der Waals surface area contributed by atoms with Crippen molar-refractivity contribution in [2.45, 2.75) is 38.1 Å². The van der Waals surface area contributed by atoms with Crippen LogP contribution in [0.2, 0.25) is 0 Å². The van der Waals surface area contributed by atoms with Crippen LogP contribution in [-0.4, -0.2) is 48.2 Å². The van der Waals surface area contributed by atoms with E-state index in [1.54, 1.807) is 17.3 Å². The monoisotopic (exact) mass is 525 g/mol. The highest BCUT2D eigenvalue weighted by Crippen LogP contribution is 2.38. The third-order valence-corrected chi connectivity index (χ3v) is 7.24. The van der Waals surface area contributed by atoms with Crippen LogP contribution in [0.4, 0.5) is 24.5 Å². The number of amides is 1. The Labute approximate surface area is 219 Å². The van der Waals surface area contributed by atoms with Crippen molar-refractivity contribution in [2.75, 3.05) is 36.5 Å². The molecule has 3 heterocycles. The number of halogens is 3. The Morgan fingerprint density at radius 2 is 1.79 bits per heavy atom. The number of carbonyl (C=O) groups is 1. The first kappa shape index (κ1) is 26.1. The molecule has 3 N–H and O–H groups in total. The molecule has 1 saturated carbocycles. The second-order valence-corrected chi connectivity index (χ2v) is 10.1. The summed E-state index contributed by atoms with van der Waals surface area (Å²) in [5.41, 5.74) is 6.62. The van der Waals surface area contributed by atoms with E-state index in [0.717, 1.165) is 43.0 Å². The molecule has 0 unspecified atom stereocenters. The second kappa shape index (κ2) is 11.1. The van der Waals surface area contributed by atoms with Crippen molar-refractivity contribution in [3.05, 3.63) is 71.4 Å². The lowest BCUT2D eigenvalue weighted by Crippen LogP contribution is -2.36. The van der Waals surface area contributed by atoms with E-state index in [2.05, 4.69) is 22.2 Å². The molecule has 1 aromatic carbocycles. The number of anilines is 2. The number of rotatable bonds is 5. The first-order chi connectivity index (χ1) is 18.3. The Morgan fingerprint density at radius 1 is 1.05 bits per heavy atom. The summed E-state index contributed by atoms with van der Waals surface area (Å²) in [7, 11) is 0. The number of pyridine rings is 2. The molecule has 200 valence electrons. The third-order valence-electron chi connectivity index (χ3n) is 7.24. The molecule has 7 nitrogen and oxygen atoms in total. The molecule has 1 aliphatic heterocycles. The van der Waals surface area contributed by atoms with Gasteiger partial charge in [0.05, 0.1) is 30.7 Å². The minimum atomic E-state index is -0.965. The van der Waals surface area contributed by atoms with E-state index in [1.165, 1.54) is 6.07 Å². The fraction of sp³-hybridized carbons (Fsp3) is 0.393. The predicted molar refractivity (Wildman–Crippen MR) is 139 cm³/mol. The Kier molecular flexibility index (Phi) is 7.62. The van der Waals surface area contributed by atoms with Crippen molar-refractivity contribution >= 4 is 17.3 Å². The molecule has 0 radical (unpaired) electrons. The molecular weight excluding hydrogens is 495 g/mol. The molecule has 0 spiro atoms. The SMILES string of the molecule is C[C@@H]1C[C@H](N)C[C@H](c2ccncc2NC(=O)c2ccc(F)c(-c3c(F)cc(N4CCOCC4)cc3F)n2)C1. The average molecular weight is 526 g/mol. The summed E-state index contributed by atoms with van der Waals surface area (Å²) < 4.78 is 50.3. The van der Waals surface area contributed by atoms with Crippen molar-refractivity contribution in [3.63, 3.8) is 0 Å². The number of aromatic nitrogens is 2. The number of carbonyl (C=O) groups excluding carboxylic acids is 1. The van der Waals surface area contributed by atoms with Gasteiger partial charge in [-0.15, -0.1) is 0 Å².